The van der Waals surface area contributed by atoms with Crippen LogP contribution in [0.3, 0.4) is 0 Å². The maximum Gasteiger partial charge on any atom is 0.416 e. The van der Waals surface area contributed by atoms with E-state index in [0.29, 0.717) is 4.47 Å². The Kier molecular flexibility index (Phi) is 6.28. The molecule has 0 heterocycles. The van der Waals surface area contributed by atoms with Gasteiger partial charge in [0.25, 0.3) is 10.0 Å². The van der Waals surface area contributed by atoms with Crippen molar-refractivity contribution in [3.63, 3.8) is 0 Å². The molecular weight excluding hydrogens is 509 g/mol. The van der Waals surface area contributed by atoms with E-state index in [0.717, 1.165) is 11.6 Å². The lowest BCUT2D eigenvalue weighted by Crippen LogP contribution is -2.13. The molecule has 0 bridgehead atoms. The Hall–Kier alpha value is -2.66. The normalized spacial score (nSPS) is 12.0. The number of anilines is 1. The summed E-state index contributed by atoms with van der Waals surface area (Å²) in [6, 6.07) is 9.98. The van der Waals surface area contributed by atoms with Gasteiger partial charge < -0.3 is 4.74 Å². The molecule has 0 saturated carbocycles. The van der Waals surface area contributed by atoms with Crippen molar-refractivity contribution in [2.45, 2.75) is 18.0 Å². The molecule has 0 fully saturated rings. The topological polar surface area (TPSA) is 55.4 Å². The number of aryl methyl sites for hydroxylation is 1. The fourth-order valence-corrected chi connectivity index (χ4v) is 4.05. The standard InChI is InChI=1S/C20H13BrF5NO3S/c1-11-2-5-14(6-3-11)31(28,29)27-18-10-13(4-7-15(18)21)30-19-16(22)8-12(9-17(19)23)20(24,25)26/h2-10,27H,1H3. The summed E-state index contributed by atoms with van der Waals surface area (Å²) in [5.74, 6) is -4.38. The number of hydrogen-bond donors (Lipinski definition) is 1. The van der Waals surface area contributed by atoms with Crippen LogP contribution >= 0.6 is 15.9 Å². The first kappa shape index (κ1) is 23.0. The average molecular weight is 522 g/mol. The van der Waals surface area contributed by atoms with Crippen molar-refractivity contribution < 1.29 is 35.1 Å². The predicted molar refractivity (Wildman–Crippen MR) is 108 cm³/mol. The molecular formula is C20H13BrF5NO3S. The lowest BCUT2D eigenvalue weighted by molar-refractivity contribution is -0.138. The maximum absolute atomic E-state index is 14.0. The Labute approximate surface area is 182 Å². The summed E-state index contributed by atoms with van der Waals surface area (Å²) < 4.78 is 99.0. The quantitative estimate of drug-likeness (QED) is 0.382. The molecule has 3 aromatic carbocycles. The molecule has 11 heteroatoms. The van der Waals surface area contributed by atoms with E-state index in [1.165, 1.54) is 24.3 Å². The Bertz CT molecular complexity index is 1210. The van der Waals surface area contributed by atoms with Crippen LogP contribution < -0.4 is 9.46 Å². The van der Waals surface area contributed by atoms with Crippen molar-refractivity contribution in [1.82, 2.24) is 0 Å². The molecule has 1 N–H and O–H groups in total. The summed E-state index contributed by atoms with van der Waals surface area (Å²) in [6.45, 7) is 1.79. The van der Waals surface area contributed by atoms with Gasteiger partial charge in [0.05, 0.1) is 16.1 Å². The highest BCUT2D eigenvalue weighted by Gasteiger charge is 2.33. The van der Waals surface area contributed by atoms with Crippen LogP contribution in [-0.4, -0.2) is 8.42 Å². The van der Waals surface area contributed by atoms with Crippen LogP contribution in [0.2, 0.25) is 0 Å². The van der Waals surface area contributed by atoms with E-state index in [4.69, 9.17) is 4.74 Å². The number of sulfonamides is 1. The Morgan fingerprint density at radius 1 is 0.935 bits per heavy atom. The number of rotatable bonds is 5. The minimum absolute atomic E-state index is 0.00852. The molecule has 0 atom stereocenters. The molecule has 3 rings (SSSR count). The molecule has 3 aromatic rings. The molecule has 0 unspecified atom stereocenters. The van der Waals surface area contributed by atoms with Crippen molar-refractivity contribution in [1.29, 1.82) is 0 Å². The van der Waals surface area contributed by atoms with Crippen LogP contribution in [0.4, 0.5) is 27.6 Å². The SMILES string of the molecule is Cc1ccc(S(=O)(=O)Nc2cc(Oc3c(F)cc(C(F)(F)F)cc3F)ccc2Br)cc1. The number of nitrogens with one attached hydrogen (secondary N) is 1. The fourth-order valence-electron chi connectivity index (χ4n) is 2.51. The molecule has 0 aliphatic carbocycles. The van der Waals surface area contributed by atoms with Crippen LogP contribution in [0.1, 0.15) is 11.1 Å². The van der Waals surface area contributed by atoms with Gasteiger partial charge in [0.2, 0.25) is 0 Å². The molecule has 31 heavy (non-hydrogen) atoms. The third-order valence-electron chi connectivity index (χ3n) is 4.06. The number of halogens is 6. The largest absolute Gasteiger partial charge is 0.451 e. The maximum atomic E-state index is 14.0. The second-order valence-electron chi connectivity index (χ2n) is 6.43. The van der Waals surface area contributed by atoms with Crippen molar-refractivity contribution in [2.24, 2.45) is 0 Å². The van der Waals surface area contributed by atoms with Crippen molar-refractivity contribution in [2.75, 3.05) is 4.72 Å². The van der Waals surface area contributed by atoms with E-state index in [-0.39, 0.29) is 28.5 Å². The highest BCUT2D eigenvalue weighted by atomic mass is 79.9. The van der Waals surface area contributed by atoms with Gasteiger partial charge in [-0.3, -0.25) is 4.72 Å². The average Bonchev–Trinajstić information content (AvgIpc) is 2.66. The van der Waals surface area contributed by atoms with E-state index in [9.17, 15) is 30.4 Å². The minimum atomic E-state index is -4.93. The highest BCUT2D eigenvalue weighted by Crippen LogP contribution is 2.37. The molecule has 0 radical (unpaired) electrons. The summed E-state index contributed by atoms with van der Waals surface area (Å²) in [4.78, 5) is -0.0175. The van der Waals surface area contributed by atoms with Gasteiger partial charge in [-0.15, -0.1) is 0 Å². The molecule has 0 saturated heterocycles. The molecule has 0 aliphatic rings. The lowest BCUT2D eigenvalue weighted by atomic mass is 10.2. The Balaban J connectivity index is 1.91. The minimum Gasteiger partial charge on any atom is -0.451 e. The molecule has 0 aliphatic heterocycles. The van der Waals surface area contributed by atoms with Crippen molar-refractivity contribution in [3.8, 4) is 11.5 Å². The van der Waals surface area contributed by atoms with Crippen molar-refractivity contribution >= 4 is 31.6 Å². The van der Waals surface area contributed by atoms with E-state index in [1.54, 1.807) is 19.1 Å². The van der Waals surface area contributed by atoms with Gasteiger partial charge in [-0.05, 0) is 59.3 Å². The zero-order valence-electron chi connectivity index (χ0n) is 15.6. The number of benzene rings is 3. The second kappa shape index (κ2) is 8.46. The van der Waals surface area contributed by atoms with Gasteiger partial charge in [0.15, 0.2) is 17.4 Å². The van der Waals surface area contributed by atoms with E-state index >= 15 is 0 Å². The van der Waals surface area contributed by atoms with Gasteiger partial charge in [-0.2, -0.15) is 13.2 Å². The Morgan fingerprint density at radius 2 is 1.52 bits per heavy atom. The summed E-state index contributed by atoms with van der Waals surface area (Å²) in [7, 11) is -3.99. The van der Waals surface area contributed by atoms with Crippen LogP contribution in [0.5, 0.6) is 11.5 Å². The number of hydrogen-bond acceptors (Lipinski definition) is 3. The lowest BCUT2D eigenvalue weighted by Gasteiger charge is -2.14. The fraction of sp³-hybridized carbons (Fsp3) is 0.100. The van der Waals surface area contributed by atoms with E-state index in [2.05, 4.69) is 20.7 Å². The van der Waals surface area contributed by atoms with Crippen LogP contribution in [0.25, 0.3) is 0 Å². The second-order valence-corrected chi connectivity index (χ2v) is 8.97. The smallest absolute Gasteiger partial charge is 0.416 e. The number of ether oxygens (including phenoxy) is 1. The predicted octanol–water partition coefficient (Wildman–Crippen LogP) is 6.65. The first-order chi connectivity index (χ1) is 14.4. The Morgan fingerprint density at radius 3 is 2.06 bits per heavy atom. The van der Waals surface area contributed by atoms with E-state index < -0.39 is 39.1 Å². The van der Waals surface area contributed by atoms with Crippen molar-refractivity contribution in [3.05, 3.63) is 81.8 Å². The van der Waals surface area contributed by atoms with Gasteiger partial charge in [0, 0.05) is 10.5 Å². The zero-order valence-corrected chi connectivity index (χ0v) is 18.0. The van der Waals surface area contributed by atoms with Crippen LogP contribution in [-0.2, 0) is 16.2 Å². The molecule has 4 nitrogen and oxygen atoms in total. The van der Waals surface area contributed by atoms with E-state index in [1.807, 2.05) is 0 Å². The van der Waals surface area contributed by atoms with Gasteiger partial charge >= 0.3 is 6.18 Å². The van der Waals surface area contributed by atoms with Crippen LogP contribution in [0, 0.1) is 18.6 Å². The van der Waals surface area contributed by atoms with Gasteiger partial charge in [0.1, 0.15) is 5.75 Å². The zero-order chi connectivity index (χ0) is 23.0. The number of alkyl halides is 3. The molecule has 0 amide bonds. The first-order valence-electron chi connectivity index (χ1n) is 8.50. The third-order valence-corrected chi connectivity index (χ3v) is 6.13. The highest BCUT2D eigenvalue weighted by molar-refractivity contribution is 9.10. The summed E-state index contributed by atoms with van der Waals surface area (Å²) in [6.07, 6.45) is -4.93. The van der Waals surface area contributed by atoms with Crippen LogP contribution in [0.15, 0.2) is 64.0 Å². The first-order valence-corrected chi connectivity index (χ1v) is 10.8. The molecule has 164 valence electrons. The third kappa shape index (κ3) is 5.34. The monoisotopic (exact) mass is 521 g/mol. The summed E-state index contributed by atoms with van der Waals surface area (Å²) >= 11 is 3.16. The molecule has 0 spiro atoms. The van der Waals surface area contributed by atoms with Gasteiger partial charge in [-0.1, -0.05) is 17.7 Å². The van der Waals surface area contributed by atoms with Gasteiger partial charge in [-0.25, -0.2) is 17.2 Å². The molecule has 0 aromatic heterocycles. The summed E-state index contributed by atoms with van der Waals surface area (Å²) in [5.41, 5.74) is -0.654. The summed E-state index contributed by atoms with van der Waals surface area (Å²) in [5, 5.41) is 0.